The summed E-state index contributed by atoms with van der Waals surface area (Å²) in [4.78, 5) is 0. The Hall–Kier alpha value is -0.860. The van der Waals surface area contributed by atoms with Crippen molar-refractivity contribution < 1.29 is 5.11 Å². The van der Waals surface area contributed by atoms with E-state index in [1.165, 1.54) is 24.8 Å². The van der Waals surface area contributed by atoms with Crippen LogP contribution >= 0.6 is 0 Å². The molecule has 3 N–H and O–H groups in total. The molecule has 0 spiro atoms. The van der Waals surface area contributed by atoms with Gasteiger partial charge in [-0.15, -0.1) is 0 Å². The van der Waals surface area contributed by atoms with Gasteiger partial charge in [-0.1, -0.05) is 44.0 Å². The van der Waals surface area contributed by atoms with Crippen LogP contribution in [0.5, 0.6) is 0 Å². The predicted molar refractivity (Wildman–Crippen MR) is 70.9 cm³/mol. The second-order valence-electron chi connectivity index (χ2n) is 5.24. The molecule has 0 bridgehead atoms. The first-order chi connectivity index (χ1) is 8.19. The van der Waals surface area contributed by atoms with Crippen LogP contribution in [0, 0.1) is 0 Å². The van der Waals surface area contributed by atoms with Crippen LogP contribution in [-0.4, -0.2) is 11.7 Å². The van der Waals surface area contributed by atoms with Crippen LogP contribution < -0.4 is 5.73 Å². The van der Waals surface area contributed by atoms with Gasteiger partial charge in [0, 0.05) is 6.54 Å². The van der Waals surface area contributed by atoms with E-state index in [-0.39, 0.29) is 0 Å². The first-order valence-corrected chi connectivity index (χ1v) is 6.72. The van der Waals surface area contributed by atoms with Crippen LogP contribution in [0.1, 0.15) is 56.1 Å². The number of rotatable bonds is 5. The lowest BCUT2D eigenvalue weighted by atomic mass is 9.79. The van der Waals surface area contributed by atoms with Gasteiger partial charge in [-0.2, -0.15) is 0 Å². The Balaban J connectivity index is 2.15. The molecule has 0 heterocycles. The molecule has 2 nitrogen and oxygen atoms in total. The van der Waals surface area contributed by atoms with Crippen LogP contribution in [0.4, 0.5) is 0 Å². The summed E-state index contributed by atoms with van der Waals surface area (Å²) in [5.41, 5.74) is 7.25. The molecule has 94 valence electrons. The highest BCUT2D eigenvalue weighted by Gasteiger charge is 2.27. The molecular weight excluding hydrogens is 210 g/mol. The minimum absolute atomic E-state index is 0.295. The Morgan fingerprint density at radius 1 is 1.29 bits per heavy atom. The second-order valence-corrected chi connectivity index (χ2v) is 5.24. The van der Waals surface area contributed by atoms with Gasteiger partial charge in [0.1, 0.15) is 5.60 Å². The normalized spacial score (nSPS) is 19.7. The number of hydrogen-bond acceptors (Lipinski definition) is 2. The third-order valence-electron chi connectivity index (χ3n) is 4.03. The lowest BCUT2D eigenvalue weighted by molar-refractivity contribution is 0.0359. The number of hydrogen-bond donors (Lipinski definition) is 2. The minimum atomic E-state index is -0.840. The molecule has 2 rings (SSSR count). The maximum Gasteiger partial charge on any atom is 0.102 e. The summed E-state index contributed by atoms with van der Waals surface area (Å²) in [5, 5.41) is 10.5. The van der Waals surface area contributed by atoms with E-state index in [1.807, 2.05) is 0 Å². The molecular formula is C15H23NO. The molecule has 1 saturated carbocycles. The first kappa shape index (κ1) is 12.6. The Morgan fingerprint density at radius 3 is 2.35 bits per heavy atom. The maximum atomic E-state index is 10.5. The van der Waals surface area contributed by atoms with Crippen molar-refractivity contribution in [3.63, 3.8) is 0 Å². The number of aliphatic hydroxyl groups is 1. The molecule has 1 unspecified atom stereocenters. The number of benzene rings is 1. The molecule has 0 amide bonds. The van der Waals surface area contributed by atoms with Gasteiger partial charge in [0.15, 0.2) is 0 Å². The summed E-state index contributed by atoms with van der Waals surface area (Å²) >= 11 is 0. The van der Waals surface area contributed by atoms with Crippen LogP contribution in [-0.2, 0) is 5.60 Å². The zero-order chi connectivity index (χ0) is 12.3. The maximum absolute atomic E-state index is 10.5. The fourth-order valence-electron chi connectivity index (χ4n) is 2.58. The highest BCUT2D eigenvalue weighted by molar-refractivity contribution is 5.30. The molecule has 1 aromatic rings. The van der Waals surface area contributed by atoms with Crippen molar-refractivity contribution >= 4 is 0 Å². The third kappa shape index (κ3) is 2.53. The monoisotopic (exact) mass is 233 g/mol. The van der Waals surface area contributed by atoms with Crippen molar-refractivity contribution in [2.24, 2.45) is 5.73 Å². The van der Waals surface area contributed by atoms with Gasteiger partial charge in [-0.05, 0) is 36.3 Å². The van der Waals surface area contributed by atoms with E-state index in [1.54, 1.807) is 0 Å². The predicted octanol–water partition coefficient (Wildman–Crippen LogP) is 2.90. The summed E-state index contributed by atoms with van der Waals surface area (Å²) in [6.45, 7) is 2.37. The topological polar surface area (TPSA) is 46.2 Å². The van der Waals surface area contributed by atoms with Gasteiger partial charge >= 0.3 is 0 Å². The summed E-state index contributed by atoms with van der Waals surface area (Å²) in [5.74, 6) is 0.751. The summed E-state index contributed by atoms with van der Waals surface area (Å²) in [6, 6.07) is 8.43. The summed E-state index contributed by atoms with van der Waals surface area (Å²) < 4.78 is 0. The van der Waals surface area contributed by atoms with E-state index in [9.17, 15) is 5.11 Å². The SMILES string of the molecule is CCCC(O)(CN)c1ccc(C2CCC2)cc1. The van der Waals surface area contributed by atoms with Gasteiger partial charge < -0.3 is 10.8 Å². The van der Waals surface area contributed by atoms with Gasteiger partial charge in [0.25, 0.3) is 0 Å². The van der Waals surface area contributed by atoms with Crippen LogP contribution in [0.15, 0.2) is 24.3 Å². The smallest absolute Gasteiger partial charge is 0.102 e. The molecule has 2 heteroatoms. The first-order valence-electron chi connectivity index (χ1n) is 6.72. The van der Waals surface area contributed by atoms with E-state index >= 15 is 0 Å². The lowest BCUT2D eigenvalue weighted by Gasteiger charge is -2.29. The molecule has 0 aromatic heterocycles. The highest BCUT2D eigenvalue weighted by Crippen LogP contribution is 2.37. The van der Waals surface area contributed by atoms with Crippen molar-refractivity contribution in [2.75, 3.05) is 6.54 Å². The van der Waals surface area contributed by atoms with Crippen molar-refractivity contribution in [3.8, 4) is 0 Å². The molecule has 17 heavy (non-hydrogen) atoms. The lowest BCUT2D eigenvalue weighted by Crippen LogP contribution is -2.34. The zero-order valence-corrected chi connectivity index (χ0v) is 10.7. The fourth-order valence-corrected chi connectivity index (χ4v) is 2.58. The quantitative estimate of drug-likeness (QED) is 0.821. The Kier molecular flexibility index (Phi) is 3.85. The van der Waals surface area contributed by atoms with Crippen LogP contribution in [0.3, 0.4) is 0 Å². The molecule has 0 saturated heterocycles. The van der Waals surface area contributed by atoms with Gasteiger partial charge in [-0.3, -0.25) is 0 Å². The second kappa shape index (κ2) is 5.19. The van der Waals surface area contributed by atoms with Crippen molar-refractivity contribution in [1.82, 2.24) is 0 Å². The average molecular weight is 233 g/mol. The zero-order valence-electron chi connectivity index (χ0n) is 10.7. The summed E-state index contributed by atoms with van der Waals surface area (Å²) in [6.07, 6.45) is 5.66. The van der Waals surface area contributed by atoms with Gasteiger partial charge in [0.05, 0.1) is 0 Å². The van der Waals surface area contributed by atoms with E-state index in [2.05, 4.69) is 31.2 Å². The minimum Gasteiger partial charge on any atom is -0.384 e. The Morgan fingerprint density at radius 2 is 1.94 bits per heavy atom. The summed E-state index contributed by atoms with van der Waals surface area (Å²) in [7, 11) is 0. The third-order valence-corrected chi connectivity index (χ3v) is 4.03. The Bertz CT molecular complexity index is 356. The van der Waals surface area contributed by atoms with Gasteiger partial charge in [-0.25, -0.2) is 0 Å². The van der Waals surface area contributed by atoms with Crippen LogP contribution in [0.25, 0.3) is 0 Å². The van der Waals surface area contributed by atoms with Crippen molar-refractivity contribution in [1.29, 1.82) is 0 Å². The highest BCUT2D eigenvalue weighted by atomic mass is 16.3. The Labute approximate surface area is 104 Å². The molecule has 1 aromatic carbocycles. The largest absolute Gasteiger partial charge is 0.384 e. The fraction of sp³-hybridized carbons (Fsp3) is 0.600. The molecule has 0 radical (unpaired) electrons. The van der Waals surface area contributed by atoms with E-state index in [4.69, 9.17) is 5.73 Å². The number of nitrogens with two attached hydrogens (primary N) is 1. The molecule has 1 aliphatic carbocycles. The standard InChI is InChI=1S/C15H23NO/c1-2-10-15(17,11-16)14-8-6-13(7-9-14)12-4-3-5-12/h6-9,12,17H,2-5,10-11,16H2,1H3. The van der Waals surface area contributed by atoms with Gasteiger partial charge in [0.2, 0.25) is 0 Å². The molecule has 1 fully saturated rings. The van der Waals surface area contributed by atoms with E-state index in [0.717, 1.165) is 24.3 Å². The van der Waals surface area contributed by atoms with Crippen molar-refractivity contribution in [3.05, 3.63) is 35.4 Å². The average Bonchev–Trinajstić information content (AvgIpc) is 2.28. The molecule has 1 atom stereocenters. The van der Waals surface area contributed by atoms with Crippen LogP contribution in [0.2, 0.25) is 0 Å². The molecule has 1 aliphatic rings. The van der Waals surface area contributed by atoms with E-state index < -0.39 is 5.60 Å². The van der Waals surface area contributed by atoms with Crippen molar-refractivity contribution in [2.45, 2.75) is 50.5 Å². The molecule has 0 aliphatic heterocycles. The van der Waals surface area contributed by atoms with E-state index in [0.29, 0.717) is 6.54 Å².